The van der Waals surface area contributed by atoms with Gasteiger partial charge in [-0.3, -0.25) is 10.1 Å². The Kier molecular flexibility index (Phi) is 6.23. The summed E-state index contributed by atoms with van der Waals surface area (Å²) in [6.07, 6.45) is 0. The standard InChI is InChI=1S/C17H23N3O2S2/c1-11(2)23-16-20-19-15(24-16)18-14(21)10-22-13-8-6-12(7-9-13)17(3,4)5/h6-9,11H,10H2,1-5H3,(H,18,19,21). The van der Waals surface area contributed by atoms with Crippen molar-refractivity contribution in [2.24, 2.45) is 0 Å². The number of amides is 1. The molecule has 7 heteroatoms. The topological polar surface area (TPSA) is 64.1 Å². The van der Waals surface area contributed by atoms with Crippen LogP contribution < -0.4 is 10.1 Å². The zero-order valence-corrected chi connectivity index (χ0v) is 16.3. The Hall–Kier alpha value is -1.60. The predicted molar refractivity (Wildman–Crippen MR) is 100 cm³/mol. The van der Waals surface area contributed by atoms with E-state index >= 15 is 0 Å². The molecule has 2 aromatic rings. The van der Waals surface area contributed by atoms with Gasteiger partial charge < -0.3 is 4.74 Å². The normalized spacial score (nSPS) is 11.6. The maximum absolute atomic E-state index is 11.9. The third-order valence-corrected chi connectivity index (χ3v) is 5.01. The number of carbonyl (C=O) groups is 1. The van der Waals surface area contributed by atoms with Crippen LogP contribution in [0.4, 0.5) is 5.13 Å². The number of carbonyl (C=O) groups excluding carboxylic acids is 1. The summed E-state index contributed by atoms with van der Waals surface area (Å²) in [5.41, 5.74) is 1.32. The van der Waals surface area contributed by atoms with Crippen molar-refractivity contribution >= 4 is 34.1 Å². The highest BCUT2D eigenvalue weighted by Crippen LogP contribution is 2.28. The Morgan fingerprint density at radius 2 is 1.92 bits per heavy atom. The average Bonchev–Trinajstić information content (AvgIpc) is 2.91. The van der Waals surface area contributed by atoms with Crippen molar-refractivity contribution < 1.29 is 9.53 Å². The maximum Gasteiger partial charge on any atom is 0.264 e. The molecule has 1 N–H and O–H groups in total. The van der Waals surface area contributed by atoms with E-state index in [-0.39, 0.29) is 17.9 Å². The predicted octanol–water partition coefficient (Wildman–Crippen LogP) is 4.35. The van der Waals surface area contributed by atoms with Crippen molar-refractivity contribution in [2.45, 2.75) is 49.6 Å². The molecule has 0 saturated carbocycles. The van der Waals surface area contributed by atoms with E-state index in [0.717, 1.165) is 4.34 Å². The number of rotatable bonds is 6. The van der Waals surface area contributed by atoms with E-state index in [4.69, 9.17) is 4.74 Å². The largest absolute Gasteiger partial charge is 0.484 e. The fourth-order valence-corrected chi connectivity index (χ4v) is 3.86. The van der Waals surface area contributed by atoms with Gasteiger partial charge in [-0.15, -0.1) is 10.2 Å². The molecule has 0 aliphatic heterocycles. The Bertz CT molecular complexity index is 676. The van der Waals surface area contributed by atoms with Crippen molar-refractivity contribution in [2.75, 3.05) is 11.9 Å². The summed E-state index contributed by atoms with van der Waals surface area (Å²) < 4.78 is 6.36. The molecule has 0 atom stereocenters. The van der Waals surface area contributed by atoms with Gasteiger partial charge in [0.15, 0.2) is 10.9 Å². The van der Waals surface area contributed by atoms with Crippen molar-refractivity contribution in [3.8, 4) is 5.75 Å². The molecule has 24 heavy (non-hydrogen) atoms. The summed E-state index contributed by atoms with van der Waals surface area (Å²) in [5.74, 6) is 0.429. The van der Waals surface area contributed by atoms with Gasteiger partial charge in [0.1, 0.15) is 5.75 Å². The first kappa shape index (κ1) is 18.7. The second-order valence-corrected chi connectivity index (χ2v) is 9.45. The minimum absolute atomic E-state index is 0.0545. The van der Waals surface area contributed by atoms with Crippen molar-refractivity contribution in [3.05, 3.63) is 29.8 Å². The first-order valence-corrected chi connectivity index (χ1v) is 9.47. The van der Waals surface area contributed by atoms with Crippen LogP contribution >= 0.6 is 23.1 Å². The molecule has 1 heterocycles. The molecule has 0 fully saturated rings. The Morgan fingerprint density at radius 3 is 2.50 bits per heavy atom. The van der Waals surface area contributed by atoms with Gasteiger partial charge in [0, 0.05) is 5.25 Å². The fraction of sp³-hybridized carbons (Fsp3) is 0.471. The number of hydrogen-bond acceptors (Lipinski definition) is 6. The van der Waals surface area contributed by atoms with Crippen molar-refractivity contribution in [3.63, 3.8) is 0 Å². The van der Waals surface area contributed by atoms with Crippen molar-refractivity contribution in [1.82, 2.24) is 10.2 Å². The van der Waals surface area contributed by atoms with E-state index in [1.54, 1.807) is 11.8 Å². The van der Waals surface area contributed by atoms with Crippen LogP contribution in [0.15, 0.2) is 28.6 Å². The molecule has 0 aliphatic carbocycles. The monoisotopic (exact) mass is 365 g/mol. The summed E-state index contributed by atoms with van der Waals surface area (Å²) >= 11 is 2.99. The molecule has 0 aliphatic rings. The zero-order chi connectivity index (χ0) is 17.7. The number of benzene rings is 1. The van der Waals surface area contributed by atoms with Crippen LogP contribution in [0.1, 0.15) is 40.2 Å². The van der Waals surface area contributed by atoms with Gasteiger partial charge in [-0.05, 0) is 23.1 Å². The lowest BCUT2D eigenvalue weighted by atomic mass is 9.87. The Labute approximate surface area is 151 Å². The molecular weight excluding hydrogens is 342 g/mol. The highest BCUT2D eigenvalue weighted by atomic mass is 32.2. The lowest BCUT2D eigenvalue weighted by Gasteiger charge is -2.19. The average molecular weight is 366 g/mol. The van der Waals surface area contributed by atoms with Gasteiger partial charge in [0.2, 0.25) is 5.13 Å². The number of ether oxygens (including phenoxy) is 1. The molecule has 0 radical (unpaired) electrons. The Morgan fingerprint density at radius 1 is 1.25 bits per heavy atom. The number of nitrogens with one attached hydrogen (secondary N) is 1. The molecule has 0 bridgehead atoms. The van der Waals surface area contributed by atoms with Crippen LogP contribution in [-0.4, -0.2) is 28.0 Å². The number of aromatic nitrogens is 2. The first-order chi connectivity index (χ1) is 11.2. The third kappa shape index (κ3) is 5.79. The highest BCUT2D eigenvalue weighted by molar-refractivity contribution is 8.01. The van der Waals surface area contributed by atoms with Gasteiger partial charge in [0.25, 0.3) is 5.91 Å². The van der Waals surface area contributed by atoms with E-state index in [9.17, 15) is 4.79 Å². The third-order valence-electron chi connectivity index (χ3n) is 3.08. The maximum atomic E-state index is 11.9. The van der Waals surface area contributed by atoms with Crippen LogP contribution in [0.2, 0.25) is 0 Å². The summed E-state index contributed by atoms with van der Waals surface area (Å²) in [6.45, 7) is 10.6. The van der Waals surface area contributed by atoms with Gasteiger partial charge in [0.05, 0.1) is 0 Å². The van der Waals surface area contributed by atoms with Crippen molar-refractivity contribution in [1.29, 1.82) is 0 Å². The van der Waals surface area contributed by atoms with Gasteiger partial charge in [-0.1, -0.05) is 69.9 Å². The molecule has 1 amide bonds. The second kappa shape index (κ2) is 7.98. The second-order valence-electron chi connectivity index (χ2n) is 6.65. The van der Waals surface area contributed by atoms with Crippen LogP contribution in [0.3, 0.4) is 0 Å². The molecule has 0 saturated heterocycles. The molecular formula is C17H23N3O2S2. The van der Waals surface area contributed by atoms with Gasteiger partial charge >= 0.3 is 0 Å². The van der Waals surface area contributed by atoms with Gasteiger partial charge in [-0.2, -0.15) is 0 Å². The molecule has 5 nitrogen and oxygen atoms in total. The van der Waals surface area contributed by atoms with E-state index in [1.807, 2.05) is 24.3 Å². The Balaban J connectivity index is 1.83. The molecule has 2 rings (SSSR count). The fourth-order valence-electron chi connectivity index (χ4n) is 1.86. The van der Waals surface area contributed by atoms with Crippen LogP contribution in [-0.2, 0) is 10.2 Å². The summed E-state index contributed by atoms with van der Waals surface area (Å²) in [5, 5.41) is 11.6. The molecule has 1 aromatic carbocycles. The number of anilines is 1. The zero-order valence-electron chi connectivity index (χ0n) is 14.6. The highest BCUT2D eigenvalue weighted by Gasteiger charge is 2.14. The lowest BCUT2D eigenvalue weighted by molar-refractivity contribution is -0.118. The van der Waals surface area contributed by atoms with E-state index < -0.39 is 0 Å². The van der Waals surface area contributed by atoms with Crippen LogP contribution in [0.5, 0.6) is 5.75 Å². The summed E-state index contributed by atoms with van der Waals surface area (Å²) in [7, 11) is 0. The van der Waals surface area contributed by atoms with E-state index in [2.05, 4.69) is 50.1 Å². The van der Waals surface area contributed by atoms with Gasteiger partial charge in [-0.25, -0.2) is 0 Å². The number of hydrogen-bond donors (Lipinski definition) is 1. The smallest absolute Gasteiger partial charge is 0.264 e. The summed E-state index contributed by atoms with van der Waals surface area (Å²) in [4.78, 5) is 11.9. The lowest BCUT2D eigenvalue weighted by Crippen LogP contribution is -2.20. The summed E-state index contributed by atoms with van der Waals surface area (Å²) in [6, 6.07) is 7.81. The minimum atomic E-state index is -0.243. The first-order valence-electron chi connectivity index (χ1n) is 7.77. The molecule has 0 spiro atoms. The molecule has 1 aromatic heterocycles. The van der Waals surface area contributed by atoms with E-state index in [1.165, 1.54) is 16.9 Å². The molecule has 0 unspecified atom stereocenters. The SMILES string of the molecule is CC(C)Sc1nnc(NC(=O)COc2ccc(C(C)(C)C)cc2)s1. The van der Waals surface area contributed by atoms with E-state index in [0.29, 0.717) is 16.1 Å². The number of nitrogens with zero attached hydrogens (tertiary/aromatic N) is 2. The minimum Gasteiger partial charge on any atom is -0.484 e. The van der Waals surface area contributed by atoms with Crippen LogP contribution in [0.25, 0.3) is 0 Å². The molecule has 130 valence electrons. The number of thioether (sulfide) groups is 1. The van der Waals surface area contributed by atoms with Crippen LogP contribution in [0, 0.1) is 0 Å². The quantitative estimate of drug-likeness (QED) is 0.609.